The first-order valence-corrected chi connectivity index (χ1v) is 7.58. The monoisotopic (exact) mass is 332 g/mol. The van der Waals surface area contributed by atoms with Gasteiger partial charge < -0.3 is 15.2 Å². The summed E-state index contributed by atoms with van der Waals surface area (Å²) in [6.07, 6.45) is 0.676. The van der Waals surface area contributed by atoms with Crippen molar-refractivity contribution >= 4 is 17.4 Å². The van der Waals surface area contributed by atoms with Crippen LogP contribution in [-0.2, 0) is 0 Å². The number of nitrogens with zero attached hydrogens (tertiary/aromatic N) is 2. The highest BCUT2D eigenvalue weighted by atomic mass is 16.6. The Bertz CT molecular complexity index is 750. The van der Waals surface area contributed by atoms with Gasteiger partial charge in [-0.1, -0.05) is 12.1 Å². The number of hydrogen-bond donors (Lipinski definition) is 2. The molecule has 0 saturated heterocycles. The molecule has 2 N–H and O–H groups in total. The van der Waals surface area contributed by atoms with E-state index in [4.69, 9.17) is 4.52 Å². The van der Waals surface area contributed by atoms with Gasteiger partial charge in [0.25, 0.3) is 5.69 Å². The standard InChI is InChI=1S/C16H20N4O4/c1-5-13(15-10(3)19-24-11(15)4)18-16(21)17-12-6-7-14(20(22)23)9(2)8-12/h6-8,13H,5H2,1-4H3,(H2,17,18,21)/t13-/m1/s1. The Balaban J connectivity index is 2.10. The van der Waals surface area contributed by atoms with Crippen molar-refractivity contribution in [3.8, 4) is 0 Å². The van der Waals surface area contributed by atoms with Crippen molar-refractivity contribution in [1.82, 2.24) is 10.5 Å². The number of hydrogen-bond acceptors (Lipinski definition) is 5. The molecule has 0 aliphatic heterocycles. The zero-order chi connectivity index (χ0) is 17.9. The maximum absolute atomic E-state index is 12.2. The summed E-state index contributed by atoms with van der Waals surface area (Å²) in [6, 6.07) is 3.82. The summed E-state index contributed by atoms with van der Waals surface area (Å²) in [6.45, 7) is 7.21. The van der Waals surface area contributed by atoms with Gasteiger partial charge in [-0.2, -0.15) is 0 Å². The van der Waals surface area contributed by atoms with E-state index in [-0.39, 0.29) is 11.7 Å². The minimum atomic E-state index is -0.455. The number of amides is 2. The smallest absolute Gasteiger partial charge is 0.319 e. The van der Waals surface area contributed by atoms with Crippen LogP contribution in [0.4, 0.5) is 16.2 Å². The molecule has 24 heavy (non-hydrogen) atoms. The van der Waals surface area contributed by atoms with Gasteiger partial charge in [-0.15, -0.1) is 0 Å². The summed E-state index contributed by atoms with van der Waals surface area (Å²) >= 11 is 0. The van der Waals surface area contributed by atoms with Crippen LogP contribution in [0.25, 0.3) is 0 Å². The number of benzene rings is 1. The molecule has 0 aliphatic rings. The van der Waals surface area contributed by atoms with Crippen LogP contribution in [0.3, 0.4) is 0 Å². The minimum Gasteiger partial charge on any atom is -0.361 e. The molecule has 2 amide bonds. The first kappa shape index (κ1) is 17.5. The van der Waals surface area contributed by atoms with Crippen molar-refractivity contribution < 1.29 is 14.2 Å². The third-order valence-corrected chi connectivity index (χ3v) is 3.80. The van der Waals surface area contributed by atoms with Gasteiger partial charge in [-0.05, 0) is 39.3 Å². The fourth-order valence-corrected chi connectivity index (χ4v) is 2.63. The lowest BCUT2D eigenvalue weighted by Gasteiger charge is -2.17. The minimum absolute atomic E-state index is 0.0168. The van der Waals surface area contributed by atoms with E-state index in [9.17, 15) is 14.9 Å². The van der Waals surface area contributed by atoms with Crippen molar-refractivity contribution in [3.63, 3.8) is 0 Å². The molecule has 128 valence electrons. The second-order valence-corrected chi connectivity index (χ2v) is 5.56. The normalized spacial score (nSPS) is 11.8. The molecule has 1 aromatic carbocycles. The summed E-state index contributed by atoms with van der Waals surface area (Å²) in [7, 11) is 0. The summed E-state index contributed by atoms with van der Waals surface area (Å²) in [4.78, 5) is 22.6. The molecular formula is C16H20N4O4. The molecule has 0 unspecified atom stereocenters. The van der Waals surface area contributed by atoms with E-state index in [1.165, 1.54) is 12.1 Å². The zero-order valence-electron chi connectivity index (χ0n) is 14.0. The molecule has 8 heteroatoms. The van der Waals surface area contributed by atoms with Crippen LogP contribution >= 0.6 is 0 Å². The first-order chi connectivity index (χ1) is 11.3. The third kappa shape index (κ3) is 3.70. The van der Waals surface area contributed by atoms with Crippen LogP contribution in [0.2, 0.25) is 0 Å². The largest absolute Gasteiger partial charge is 0.361 e. The lowest BCUT2D eigenvalue weighted by atomic mass is 10.0. The lowest BCUT2D eigenvalue weighted by molar-refractivity contribution is -0.385. The number of rotatable bonds is 5. The van der Waals surface area contributed by atoms with Gasteiger partial charge in [-0.3, -0.25) is 10.1 Å². The number of nitro groups is 1. The fraction of sp³-hybridized carbons (Fsp3) is 0.375. The first-order valence-electron chi connectivity index (χ1n) is 7.58. The number of nitro benzene ring substituents is 1. The highest BCUT2D eigenvalue weighted by Gasteiger charge is 2.21. The number of carbonyl (C=O) groups is 1. The molecule has 0 radical (unpaired) electrons. The van der Waals surface area contributed by atoms with E-state index in [0.717, 1.165) is 11.3 Å². The van der Waals surface area contributed by atoms with Crippen LogP contribution in [0.1, 0.15) is 42.0 Å². The number of anilines is 1. The third-order valence-electron chi connectivity index (χ3n) is 3.80. The number of aromatic nitrogens is 1. The van der Waals surface area contributed by atoms with Gasteiger partial charge in [0, 0.05) is 22.9 Å². The van der Waals surface area contributed by atoms with Crippen LogP contribution in [0.15, 0.2) is 22.7 Å². The van der Waals surface area contributed by atoms with Crippen molar-refractivity contribution in [1.29, 1.82) is 0 Å². The van der Waals surface area contributed by atoms with Crippen molar-refractivity contribution in [2.45, 2.75) is 40.2 Å². The maximum atomic E-state index is 12.2. The van der Waals surface area contributed by atoms with E-state index < -0.39 is 11.0 Å². The average molecular weight is 332 g/mol. The van der Waals surface area contributed by atoms with Crippen LogP contribution in [0, 0.1) is 30.9 Å². The number of urea groups is 1. The molecule has 1 heterocycles. The summed E-state index contributed by atoms with van der Waals surface area (Å²) in [5.74, 6) is 0.672. The predicted molar refractivity (Wildman–Crippen MR) is 89.0 cm³/mol. The predicted octanol–water partition coefficient (Wildman–Crippen LogP) is 3.78. The molecule has 1 atom stereocenters. The fourth-order valence-electron chi connectivity index (χ4n) is 2.63. The molecule has 1 aromatic heterocycles. The Morgan fingerprint density at radius 3 is 2.58 bits per heavy atom. The highest BCUT2D eigenvalue weighted by molar-refractivity contribution is 5.89. The molecule has 0 bridgehead atoms. The van der Waals surface area contributed by atoms with Crippen LogP contribution < -0.4 is 10.6 Å². The topological polar surface area (TPSA) is 110 Å². The molecular weight excluding hydrogens is 312 g/mol. The Morgan fingerprint density at radius 2 is 2.08 bits per heavy atom. The SMILES string of the molecule is CC[C@@H](NC(=O)Nc1ccc([N+](=O)[O-])c(C)c1)c1c(C)noc1C. The zero-order valence-corrected chi connectivity index (χ0v) is 14.0. The van der Waals surface area contributed by atoms with E-state index in [1.54, 1.807) is 19.9 Å². The summed E-state index contributed by atoms with van der Waals surface area (Å²) < 4.78 is 5.14. The van der Waals surface area contributed by atoms with Gasteiger partial charge in [-0.25, -0.2) is 4.79 Å². The summed E-state index contributed by atoms with van der Waals surface area (Å²) in [5, 5.41) is 20.3. The number of nitrogens with one attached hydrogen (secondary N) is 2. The lowest BCUT2D eigenvalue weighted by Crippen LogP contribution is -2.32. The molecule has 0 fully saturated rings. The molecule has 2 rings (SSSR count). The highest BCUT2D eigenvalue weighted by Crippen LogP contribution is 2.25. The van der Waals surface area contributed by atoms with E-state index in [0.29, 0.717) is 23.4 Å². The average Bonchev–Trinajstić information content (AvgIpc) is 2.84. The van der Waals surface area contributed by atoms with Crippen LogP contribution in [0.5, 0.6) is 0 Å². The number of carbonyl (C=O) groups excluding carboxylic acids is 1. The second kappa shape index (κ2) is 7.12. The van der Waals surface area contributed by atoms with Gasteiger partial charge in [0.1, 0.15) is 5.76 Å². The molecule has 0 aliphatic carbocycles. The van der Waals surface area contributed by atoms with Crippen molar-refractivity contribution in [3.05, 3.63) is 50.9 Å². The molecule has 2 aromatic rings. The van der Waals surface area contributed by atoms with Gasteiger partial charge in [0.05, 0.1) is 16.7 Å². The Morgan fingerprint density at radius 1 is 1.38 bits per heavy atom. The Kier molecular flexibility index (Phi) is 5.18. The van der Waals surface area contributed by atoms with Gasteiger partial charge in [0.2, 0.25) is 0 Å². The molecule has 0 spiro atoms. The number of aryl methyl sites for hydroxylation is 3. The maximum Gasteiger partial charge on any atom is 0.319 e. The van der Waals surface area contributed by atoms with Gasteiger partial charge in [0.15, 0.2) is 0 Å². The quantitative estimate of drug-likeness (QED) is 0.639. The van der Waals surface area contributed by atoms with E-state index in [2.05, 4.69) is 15.8 Å². The van der Waals surface area contributed by atoms with Crippen molar-refractivity contribution in [2.75, 3.05) is 5.32 Å². The Hall–Kier alpha value is -2.90. The molecule has 0 saturated carbocycles. The second-order valence-electron chi connectivity index (χ2n) is 5.56. The Labute approximate surface area is 139 Å². The summed E-state index contributed by atoms with van der Waals surface area (Å²) in [5.41, 5.74) is 2.60. The van der Waals surface area contributed by atoms with Crippen molar-refractivity contribution in [2.24, 2.45) is 0 Å². The van der Waals surface area contributed by atoms with Gasteiger partial charge >= 0.3 is 6.03 Å². The molecule has 8 nitrogen and oxygen atoms in total. The van der Waals surface area contributed by atoms with Crippen LogP contribution in [-0.4, -0.2) is 16.1 Å². The van der Waals surface area contributed by atoms with E-state index >= 15 is 0 Å². The van der Waals surface area contributed by atoms with E-state index in [1.807, 2.05) is 13.8 Å².